The summed E-state index contributed by atoms with van der Waals surface area (Å²) in [4.78, 5) is 5.28. The first-order valence-corrected chi connectivity index (χ1v) is 8.82. The molecule has 0 aromatic heterocycles. The Bertz CT molecular complexity index is 326. The normalized spacial score (nSPS) is 31.0. The van der Waals surface area contributed by atoms with Gasteiger partial charge in [-0.3, -0.25) is 0 Å². The number of fused-ring (bicyclic) bond motifs is 2. The molecule has 0 spiro atoms. The second-order valence-corrected chi connectivity index (χ2v) is 7.75. The quantitative estimate of drug-likeness (QED) is 0.705. The highest BCUT2D eigenvalue weighted by Gasteiger charge is 2.49. The molecule has 0 saturated carbocycles. The largest absolute Gasteiger partial charge is 0.361 e. The summed E-state index contributed by atoms with van der Waals surface area (Å²) in [5, 5.41) is 0. The molecule has 0 N–H and O–H groups in total. The van der Waals surface area contributed by atoms with Gasteiger partial charge in [0.1, 0.15) is 0 Å². The maximum atomic E-state index is 2.64. The van der Waals surface area contributed by atoms with Crippen LogP contribution in [0.3, 0.4) is 0 Å². The van der Waals surface area contributed by atoms with Crippen molar-refractivity contribution in [1.82, 2.24) is 9.80 Å². The molecule has 3 aliphatic heterocycles. The van der Waals surface area contributed by atoms with Crippen LogP contribution in [0.15, 0.2) is 12.4 Å². The fourth-order valence-corrected chi connectivity index (χ4v) is 5.05. The summed E-state index contributed by atoms with van der Waals surface area (Å²) < 4.78 is 0. The zero-order valence-corrected chi connectivity index (χ0v) is 13.8. The van der Waals surface area contributed by atoms with E-state index < -0.39 is 0 Å². The Morgan fingerprint density at radius 1 is 0.800 bits per heavy atom. The van der Waals surface area contributed by atoms with E-state index in [0.29, 0.717) is 18.1 Å². The maximum Gasteiger partial charge on any atom is 0.200 e. The van der Waals surface area contributed by atoms with Crippen LogP contribution < -0.4 is 0 Å². The highest BCUT2D eigenvalue weighted by Crippen LogP contribution is 2.49. The number of hydrogen-bond donors (Lipinski definition) is 0. The van der Waals surface area contributed by atoms with Crippen LogP contribution in [0.1, 0.15) is 66.2 Å². The molecule has 3 heteroatoms. The lowest BCUT2D eigenvalue weighted by Crippen LogP contribution is -2.58. The smallest absolute Gasteiger partial charge is 0.200 e. The standard InChI is InChI=1S/C17H31BN2/c1-13(2)19-11-12-20(14(3)4)17(19)18-15-7-5-8-16(18)10-6-9-15/h11-17H,5-10H2,1-4H3. The van der Waals surface area contributed by atoms with Gasteiger partial charge < -0.3 is 9.80 Å². The summed E-state index contributed by atoms with van der Waals surface area (Å²) in [6, 6.07) is 1.86. The zero-order chi connectivity index (χ0) is 14.3. The first kappa shape index (κ1) is 14.3. The Morgan fingerprint density at radius 2 is 1.20 bits per heavy atom. The van der Waals surface area contributed by atoms with E-state index in [0.717, 1.165) is 18.3 Å². The molecule has 3 aliphatic rings. The molecule has 0 amide bonds. The summed E-state index contributed by atoms with van der Waals surface area (Å²) in [5.74, 6) is 1.96. The molecule has 0 aromatic rings. The predicted octanol–water partition coefficient (Wildman–Crippen LogP) is 4.36. The van der Waals surface area contributed by atoms with Crippen molar-refractivity contribution in [3.8, 4) is 0 Å². The molecular weight excluding hydrogens is 243 g/mol. The SMILES string of the molecule is CC(C)N1C=CN(C(C)C)C1B1C2CCCC1CCC2. The summed E-state index contributed by atoms with van der Waals surface area (Å²) in [6.45, 7) is 10.3. The minimum Gasteiger partial charge on any atom is -0.361 e. The fourth-order valence-electron chi connectivity index (χ4n) is 5.05. The predicted molar refractivity (Wildman–Crippen MR) is 87.8 cm³/mol. The minimum absolute atomic E-state index is 0.614. The lowest BCUT2D eigenvalue weighted by atomic mass is 9.25. The Kier molecular flexibility index (Phi) is 4.06. The van der Waals surface area contributed by atoms with Crippen molar-refractivity contribution in [2.45, 2.75) is 96.0 Å². The van der Waals surface area contributed by atoms with Crippen molar-refractivity contribution < 1.29 is 0 Å². The van der Waals surface area contributed by atoms with E-state index >= 15 is 0 Å². The number of hydrogen-bond acceptors (Lipinski definition) is 2. The lowest BCUT2D eigenvalue weighted by Gasteiger charge is -2.50. The Morgan fingerprint density at radius 3 is 1.55 bits per heavy atom. The molecule has 2 saturated heterocycles. The molecule has 2 nitrogen and oxygen atoms in total. The van der Waals surface area contributed by atoms with Gasteiger partial charge in [0.15, 0.2) is 6.71 Å². The van der Waals surface area contributed by atoms with Gasteiger partial charge in [-0.15, -0.1) is 0 Å². The van der Waals surface area contributed by atoms with E-state index in [4.69, 9.17) is 0 Å². The van der Waals surface area contributed by atoms with E-state index in [-0.39, 0.29) is 0 Å². The summed E-state index contributed by atoms with van der Waals surface area (Å²) in [7, 11) is 0. The molecule has 0 atom stereocenters. The first-order chi connectivity index (χ1) is 9.59. The molecule has 3 heterocycles. The third-order valence-electron chi connectivity index (χ3n) is 5.95. The fraction of sp³-hybridized carbons (Fsp3) is 0.882. The second-order valence-electron chi connectivity index (χ2n) is 7.75. The molecule has 2 bridgehead atoms. The van der Waals surface area contributed by atoms with Gasteiger partial charge in [-0.25, -0.2) is 0 Å². The van der Waals surface area contributed by atoms with Crippen LogP contribution in [-0.4, -0.2) is 34.7 Å². The third kappa shape index (κ3) is 2.38. The number of rotatable bonds is 3. The van der Waals surface area contributed by atoms with Crippen molar-refractivity contribution in [3.63, 3.8) is 0 Å². The Labute approximate surface area is 125 Å². The third-order valence-corrected chi connectivity index (χ3v) is 5.95. The van der Waals surface area contributed by atoms with E-state index in [9.17, 15) is 0 Å². The van der Waals surface area contributed by atoms with Crippen molar-refractivity contribution in [1.29, 1.82) is 0 Å². The Balaban J connectivity index is 1.87. The van der Waals surface area contributed by atoms with Crippen LogP contribution in [0.4, 0.5) is 0 Å². The van der Waals surface area contributed by atoms with Gasteiger partial charge in [0.25, 0.3) is 0 Å². The second kappa shape index (κ2) is 5.65. The summed E-state index contributed by atoms with van der Waals surface area (Å²) in [5.41, 5.74) is 0. The van der Waals surface area contributed by atoms with Crippen molar-refractivity contribution in [2.75, 3.05) is 0 Å². The van der Waals surface area contributed by atoms with Crippen LogP contribution >= 0.6 is 0 Å². The van der Waals surface area contributed by atoms with Crippen molar-refractivity contribution in [3.05, 3.63) is 12.4 Å². The molecule has 0 aliphatic carbocycles. The van der Waals surface area contributed by atoms with Gasteiger partial charge >= 0.3 is 0 Å². The van der Waals surface area contributed by atoms with E-state index in [1.54, 1.807) is 0 Å². The van der Waals surface area contributed by atoms with Crippen LogP contribution in [0.25, 0.3) is 0 Å². The average molecular weight is 274 g/mol. The van der Waals surface area contributed by atoms with Gasteiger partial charge in [0.05, 0.1) is 6.07 Å². The van der Waals surface area contributed by atoms with E-state index in [1.807, 2.05) is 0 Å². The number of nitrogens with zero attached hydrogens (tertiary/aromatic N) is 2. The molecule has 3 rings (SSSR count). The average Bonchev–Trinajstić information content (AvgIpc) is 2.82. The highest BCUT2D eigenvalue weighted by molar-refractivity contribution is 6.64. The van der Waals surface area contributed by atoms with Crippen molar-refractivity contribution >= 4 is 6.71 Å². The molecule has 0 aromatic carbocycles. The van der Waals surface area contributed by atoms with Gasteiger partial charge in [-0.05, 0) is 27.7 Å². The highest BCUT2D eigenvalue weighted by atomic mass is 15.4. The topological polar surface area (TPSA) is 6.48 Å². The summed E-state index contributed by atoms with van der Waals surface area (Å²) >= 11 is 0. The van der Waals surface area contributed by atoms with Crippen LogP contribution in [0.2, 0.25) is 11.6 Å². The van der Waals surface area contributed by atoms with Gasteiger partial charge in [-0.2, -0.15) is 0 Å². The van der Waals surface area contributed by atoms with Crippen LogP contribution in [0, 0.1) is 0 Å². The molecule has 0 unspecified atom stereocenters. The van der Waals surface area contributed by atoms with Gasteiger partial charge in [0.2, 0.25) is 0 Å². The lowest BCUT2D eigenvalue weighted by molar-refractivity contribution is 0.155. The van der Waals surface area contributed by atoms with E-state index in [1.165, 1.54) is 38.5 Å². The molecule has 112 valence electrons. The maximum absolute atomic E-state index is 2.64. The molecule has 20 heavy (non-hydrogen) atoms. The van der Waals surface area contributed by atoms with Crippen molar-refractivity contribution in [2.24, 2.45) is 0 Å². The first-order valence-electron chi connectivity index (χ1n) is 8.82. The molecular formula is C17H31BN2. The van der Waals surface area contributed by atoms with Gasteiger partial charge in [0, 0.05) is 24.5 Å². The molecule has 0 radical (unpaired) electrons. The Hall–Kier alpha value is -0.595. The van der Waals surface area contributed by atoms with Gasteiger partial charge in [-0.1, -0.05) is 50.2 Å². The van der Waals surface area contributed by atoms with E-state index in [2.05, 4.69) is 49.9 Å². The molecule has 2 fully saturated rings. The minimum atomic E-state index is 0.614. The summed E-state index contributed by atoms with van der Waals surface area (Å²) in [6.07, 6.45) is 13.6. The zero-order valence-electron chi connectivity index (χ0n) is 13.8. The van der Waals surface area contributed by atoms with Crippen LogP contribution in [-0.2, 0) is 0 Å². The van der Waals surface area contributed by atoms with Crippen LogP contribution in [0.5, 0.6) is 0 Å². The monoisotopic (exact) mass is 274 g/mol.